The van der Waals surface area contributed by atoms with Crippen molar-refractivity contribution in [3.63, 3.8) is 0 Å². The topological polar surface area (TPSA) is 39.9 Å². The molecule has 0 spiro atoms. The highest BCUT2D eigenvalue weighted by Crippen LogP contribution is 2.25. The molecule has 3 rings (SSSR count). The van der Waals surface area contributed by atoms with Crippen LogP contribution >= 0.6 is 0 Å². The van der Waals surface area contributed by atoms with E-state index in [4.69, 9.17) is 4.74 Å². The van der Waals surface area contributed by atoms with Crippen molar-refractivity contribution in [3.8, 4) is 11.8 Å². The highest BCUT2D eigenvalue weighted by Gasteiger charge is 2.31. The van der Waals surface area contributed by atoms with Gasteiger partial charge >= 0.3 is 0 Å². The Labute approximate surface area is 148 Å². The minimum Gasteiger partial charge on any atom is -0.344 e. The first-order valence-corrected chi connectivity index (χ1v) is 8.48. The van der Waals surface area contributed by atoms with Crippen molar-refractivity contribution in [1.29, 1.82) is 0 Å². The number of aromatic nitrogens is 3. The Morgan fingerprint density at radius 2 is 1.84 bits per heavy atom. The van der Waals surface area contributed by atoms with Gasteiger partial charge in [0.1, 0.15) is 5.52 Å². The SMILES string of the molecule is CCOC(C#C/C=C/c1ccccc1)(CC)n1nnc2ccccc21. The lowest BCUT2D eigenvalue weighted by Gasteiger charge is -2.27. The molecule has 0 fully saturated rings. The van der Waals surface area contributed by atoms with E-state index in [1.165, 1.54) is 0 Å². The number of allylic oxidation sites excluding steroid dienone is 1. The highest BCUT2D eigenvalue weighted by atomic mass is 16.5. The summed E-state index contributed by atoms with van der Waals surface area (Å²) in [4.78, 5) is 0. The van der Waals surface area contributed by atoms with Gasteiger partial charge in [-0.15, -0.1) is 5.10 Å². The molecule has 1 heterocycles. The second kappa shape index (κ2) is 7.78. The summed E-state index contributed by atoms with van der Waals surface area (Å²) in [6.07, 6.45) is 4.50. The van der Waals surface area contributed by atoms with Crippen LogP contribution in [0.5, 0.6) is 0 Å². The van der Waals surface area contributed by atoms with Gasteiger partial charge in [-0.3, -0.25) is 0 Å². The molecule has 0 aliphatic carbocycles. The molecule has 0 N–H and O–H groups in total. The fourth-order valence-electron chi connectivity index (χ4n) is 2.72. The fraction of sp³-hybridized carbons (Fsp3) is 0.238. The van der Waals surface area contributed by atoms with Crippen LogP contribution in [0.1, 0.15) is 25.8 Å². The Balaban J connectivity index is 1.97. The molecular formula is C21H21N3O. The van der Waals surface area contributed by atoms with Gasteiger partial charge in [-0.1, -0.05) is 60.5 Å². The predicted octanol–water partition coefficient (Wildman–Crippen LogP) is 4.25. The van der Waals surface area contributed by atoms with Crippen LogP contribution in [0.15, 0.2) is 60.7 Å². The van der Waals surface area contributed by atoms with Crippen molar-refractivity contribution in [2.75, 3.05) is 6.61 Å². The number of fused-ring (bicyclic) bond motifs is 1. The molecule has 0 saturated heterocycles. The first-order chi connectivity index (χ1) is 12.3. The summed E-state index contributed by atoms with van der Waals surface area (Å²) in [5.41, 5.74) is 2.04. The third kappa shape index (κ3) is 3.62. The van der Waals surface area contributed by atoms with Crippen LogP contribution in [0.25, 0.3) is 17.1 Å². The van der Waals surface area contributed by atoms with E-state index in [9.17, 15) is 0 Å². The molecule has 2 aromatic carbocycles. The number of para-hydroxylation sites is 1. The van der Waals surface area contributed by atoms with Gasteiger partial charge in [0.2, 0.25) is 5.72 Å². The molecule has 0 radical (unpaired) electrons. The smallest absolute Gasteiger partial charge is 0.226 e. The van der Waals surface area contributed by atoms with Crippen molar-refractivity contribution in [2.45, 2.75) is 26.0 Å². The molecular weight excluding hydrogens is 310 g/mol. The molecule has 3 aromatic rings. The second-order valence-corrected chi connectivity index (χ2v) is 5.57. The molecule has 1 atom stereocenters. The zero-order valence-corrected chi connectivity index (χ0v) is 14.5. The molecule has 0 aliphatic heterocycles. The van der Waals surface area contributed by atoms with E-state index in [1.54, 1.807) is 4.68 Å². The average molecular weight is 331 g/mol. The van der Waals surface area contributed by atoms with Crippen LogP contribution in [0, 0.1) is 11.8 Å². The number of hydrogen-bond acceptors (Lipinski definition) is 3. The summed E-state index contributed by atoms with van der Waals surface area (Å²) >= 11 is 0. The number of ether oxygens (including phenoxy) is 1. The molecule has 4 nitrogen and oxygen atoms in total. The second-order valence-electron chi connectivity index (χ2n) is 5.57. The van der Waals surface area contributed by atoms with Gasteiger partial charge in [0.25, 0.3) is 0 Å². The van der Waals surface area contributed by atoms with E-state index in [0.29, 0.717) is 13.0 Å². The van der Waals surface area contributed by atoms with Gasteiger partial charge in [-0.2, -0.15) is 0 Å². The van der Waals surface area contributed by atoms with E-state index < -0.39 is 5.72 Å². The van der Waals surface area contributed by atoms with E-state index in [1.807, 2.05) is 80.6 Å². The Morgan fingerprint density at radius 3 is 2.60 bits per heavy atom. The third-order valence-electron chi connectivity index (χ3n) is 3.98. The van der Waals surface area contributed by atoms with Gasteiger partial charge in [0, 0.05) is 13.0 Å². The molecule has 126 valence electrons. The van der Waals surface area contributed by atoms with Crippen LogP contribution in [0.3, 0.4) is 0 Å². The number of rotatable bonds is 5. The van der Waals surface area contributed by atoms with Crippen molar-refractivity contribution in [2.24, 2.45) is 0 Å². The van der Waals surface area contributed by atoms with Gasteiger partial charge in [0.15, 0.2) is 0 Å². The zero-order chi connectivity index (χ0) is 17.5. The first-order valence-electron chi connectivity index (χ1n) is 8.48. The van der Waals surface area contributed by atoms with Crippen LogP contribution < -0.4 is 0 Å². The van der Waals surface area contributed by atoms with E-state index in [0.717, 1.165) is 16.6 Å². The predicted molar refractivity (Wildman–Crippen MR) is 101 cm³/mol. The lowest BCUT2D eigenvalue weighted by molar-refractivity contribution is -0.0629. The molecule has 4 heteroatoms. The number of nitrogens with zero attached hydrogens (tertiary/aromatic N) is 3. The molecule has 0 amide bonds. The lowest BCUT2D eigenvalue weighted by atomic mass is 10.1. The van der Waals surface area contributed by atoms with Crippen molar-refractivity contribution in [3.05, 3.63) is 66.2 Å². The molecule has 0 aliphatic rings. The first kappa shape index (κ1) is 16.9. The summed E-state index contributed by atoms with van der Waals surface area (Å²) < 4.78 is 7.82. The number of hydrogen-bond donors (Lipinski definition) is 0. The summed E-state index contributed by atoms with van der Waals surface area (Å²) in [6.45, 7) is 4.55. The highest BCUT2D eigenvalue weighted by molar-refractivity contribution is 5.74. The summed E-state index contributed by atoms with van der Waals surface area (Å²) in [6, 6.07) is 17.9. The van der Waals surface area contributed by atoms with E-state index in [-0.39, 0.29) is 0 Å². The van der Waals surface area contributed by atoms with Crippen LogP contribution in [-0.2, 0) is 10.5 Å². The van der Waals surface area contributed by atoms with Gasteiger partial charge in [-0.25, -0.2) is 4.68 Å². The summed E-state index contributed by atoms with van der Waals surface area (Å²) in [5.74, 6) is 6.37. The fourth-order valence-corrected chi connectivity index (χ4v) is 2.72. The minimum atomic E-state index is -0.827. The summed E-state index contributed by atoms with van der Waals surface area (Å²) in [5, 5.41) is 8.55. The normalized spacial score (nSPS) is 13.5. The average Bonchev–Trinajstić information content (AvgIpc) is 3.10. The quantitative estimate of drug-likeness (QED) is 0.656. The number of benzene rings is 2. The largest absolute Gasteiger partial charge is 0.344 e. The van der Waals surface area contributed by atoms with E-state index >= 15 is 0 Å². The van der Waals surface area contributed by atoms with Gasteiger partial charge < -0.3 is 4.74 Å². The van der Waals surface area contributed by atoms with Crippen molar-refractivity contribution >= 4 is 17.1 Å². The Kier molecular flexibility index (Phi) is 5.27. The minimum absolute atomic E-state index is 0.541. The molecule has 1 unspecified atom stereocenters. The molecule has 25 heavy (non-hydrogen) atoms. The Morgan fingerprint density at radius 1 is 1.08 bits per heavy atom. The Hall–Kier alpha value is -2.90. The third-order valence-corrected chi connectivity index (χ3v) is 3.98. The molecule has 1 aromatic heterocycles. The van der Waals surface area contributed by atoms with Crippen LogP contribution in [0.2, 0.25) is 0 Å². The van der Waals surface area contributed by atoms with Gasteiger partial charge in [-0.05, 0) is 42.7 Å². The van der Waals surface area contributed by atoms with Crippen LogP contribution in [-0.4, -0.2) is 21.6 Å². The molecule has 0 saturated carbocycles. The maximum atomic E-state index is 6.04. The van der Waals surface area contributed by atoms with Gasteiger partial charge in [0.05, 0.1) is 5.52 Å². The lowest BCUT2D eigenvalue weighted by Crippen LogP contribution is -2.35. The van der Waals surface area contributed by atoms with Crippen molar-refractivity contribution in [1.82, 2.24) is 15.0 Å². The maximum absolute atomic E-state index is 6.04. The zero-order valence-electron chi connectivity index (χ0n) is 14.5. The standard InChI is InChI=1S/C21H21N3O/c1-3-21(25-4-2,17-11-10-14-18-12-6-5-7-13-18)24-20-16-9-8-15-19(20)22-23-24/h5-10,12-16H,3-4H2,1-2H3/b14-10+. The van der Waals surface area contributed by atoms with Crippen LogP contribution in [0.4, 0.5) is 0 Å². The monoisotopic (exact) mass is 331 g/mol. The molecule has 0 bridgehead atoms. The maximum Gasteiger partial charge on any atom is 0.226 e. The van der Waals surface area contributed by atoms with E-state index in [2.05, 4.69) is 22.2 Å². The Bertz CT molecular complexity index is 918. The summed E-state index contributed by atoms with van der Waals surface area (Å²) in [7, 11) is 0. The van der Waals surface area contributed by atoms with Crippen molar-refractivity contribution < 1.29 is 4.74 Å².